The zero-order chi connectivity index (χ0) is 14.6. The molecule has 0 aliphatic carbocycles. The van der Waals surface area contributed by atoms with Crippen LogP contribution in [0.15, 0.2) is 6.07 Å². The SMILES string of the molecule is CCC(CNC)C(NC)c1c(C)c(C)cc(C)c1C. The average molecular weight is 262 g/mol. The number of rotatable bonds is 6. The Kier molecular flexibility index (Phi) is 6.02. The first-order valence-electron chi connectivity index (χ1n) is 7.37. The maximum absolute atomic E-state index is 3.55. The molecule has 19 heavy (non-hydrogen) atoms. The van der Waals surface area contributed by atoms with E-state index in [1.165, 1.54) is 34.2 Å². The van der Waals surface area contributed by atoms with Gasteiger partial charge in [-0.15, -0.1) is 0 Å². The standard InChI is InChI=1S/C17H30N2/c1-8-15(10-18-6)17(19-7)16-13(4)11(2)9-12(3)14(16)5/h9,15,17-19H,8,10H2,1-7H3. The minimum absolute atomic E-state index is 0.427. The molecule has 2 heteroatoms. The summed E-state index contributed by atoms with van der Waals surface area (Å²) >= 11 is 0. The molecule has 1 aromatic carbocycles. The van der Waals surface area contributed by atoms with Gasteiger partial charge < -0.3 is 10.6 Å². The highest BCUT2D eigenvalue weighted by molar-refractivity contribution is 5.46. The van der Waals surface area contributed by atoms with Gasteiger partial charge in [-0.2, -0.15) is 0 Å². The highest BCUT2D eigenvalue weighted by Gasteiger charge is 2.24. The van der Waals surface area contributed by atoms with Crippen molar-refractivity contribution < 1.29 is 0 Å². The monoisotopic (exact) mass is 262 g/mol. The third kappa shape index (κ3) is 3.37. The van der Waals surface area contributed by atoms with Crippen molar-refractivity contribution in [2.24, 2.45) is 5.92 Å². The molecule has 0 saturated heterocycles. The molecule has 1 rings (SSSR count). The number of aryl methyl sites for hydroxylation is 2. The Labute approximate surface area is 119 Å². The van der Waals surface area contributed by atoms with E-state index in [4.69, 9.17) is 0 Å². The van der Waals surface area contributed by atoms with Gasteiger partial charge >= 0.3 is 0 Å². The van der Waals surface area contributed by atoms with E-state index >= 15 is 0 Å². The first-order valence-corrected chi connectivity index (χ1v) is 7.37. The van der Waals surface area contributed by atoms with Gasteiger partial charge in [-0.1, -0.05) is 19.4 Å². The minimum atomic E-state index is 0.427. The maximum Gasteiger partial charge on any atom is 0.0363 e. The Morgan fingerprint density at radius 2 is 1.53 bits per heavy atom. The van der Waals surface area contributed by atoms with Crippen LogP contribution in [0.1, 0.15) is 47.2 Å². The fraction of sp³-hybridized carbons (Fsp3) is 0.647. The largest absolute Gasteiger partial charge is 0.319 e. The summed E-state index contributed by atoms with van der Waals surface area (Å²) in [5.41, 5.74) is 7.19. The smallest absolute Gasteiger partial charge is 0.0363 e. The summed E-state index contributed by atoms with van der Waals surface area (Å²) in [5, 5.41) is 6.88. The molecule has 1 aromatic rings. The quantitative estimate of drug-likeness (QED) is 0.821. The molecular weight excluding hydrogens is 232 g/mol. The number of hydrogen-bond acceptors (Lipinski definition) is 2. The lowest BCUT2D eigenvalue weighted by molar-refractivity contribution is 0.357. The first-order chi connectivity index (χ1) is 8.97. The summed E-state index contributed by atoms with van der Waals surface area (Å²) in [7, 11) is 4.12. The van der Waals surface area contributed by atoms with Crippen molar-refractivity contribution in [2.45, 2.75) is 47.1 Å². The Morgan fingerprint density at radius 3 is 1.89 bits per heavy atom. The van der Waals surface area contributed by atoms with Crippen molar-refractivity contribution in [2.75, 3.05) is 20.6 Å². The van der Waals surface area contributed by atoms with Gasteiger partial charge in [0.2, 0.25) is 0 Å². The topological polar surface area (TPSA) is 24.1 Å². The Hall–Kier alpha value is -0.860. The van der Waals surface area contributed by atoms with E-state index in [0.717, 1.165) is 6.54 Å². The normalized spacial score (nSPS) is 14.5. The Morgan fingerprint density at radius 1 is 1.00 bits per heavy atom. The lowest BCUT2D eigenvalue weighted by Gasteiger charge is -2.30. The van der Waals surface area contributed by atoms with Gasteiger partial charge in [0.25, 0.3) is 0 Å². The lowest BCUT2D eigenvalue weighted by Crippen LogP contribution is -2.32. The molecular formula is C17H30N2. The summed E-state index contributed by atoms with van der Waals surface area (Å²) in [5.74, 6) is 0.619. The van der Waals surface area contributed by atoms with Crippen molar-refractivity contribution in [3.8, 4) is 0 Å². The Bertz CT molecular complexity index is 398. The summed E-state index contributed by atoms with van der Waals surface area (Å²) in [4.78, 5) is 0. The molecule has 2 unspecified atom stereocenters. The summed E-state index contributed by atoms with van der Waals surface area (Å²) in [6.07, 6.45) is 1.18. The minimum Gasteiger partial charge on any atom is -0.319 e. The van der Waals surface area contributed by atoms with Gasteiger partial charge in [0, 0.05) is 6.04 Å². The highest BCUT2D eigenvalue weighted by Crippen LogP contribution is 2.32. The van der Waals surface area contributed by atoms with Crippen LogP contribution in [0.4, 0.5) is 0 Å². The predicted molar refractivity (Wildman–Crippen MR) is 84.9 cm³/mol. The molecule has 0 bridgehead atoms. The fourth-order valence-corrected chi connectivity index (χ4v) is 3.09. The molecule has 2 N–H and O–H groups in total. The molecule has 0 saturated carbocycles. The van der Waals surface area contributed by atoms with Crippen LogP contribution in [0.3, 0.4) is 0 Å². The average Bonchev–Trinajstić information content (AvgIpc) is 2.39. The number of nitrogens with one attached hydrogen (secondary N) is 2. The van der Waals surface area contributed by atoms with Crippen molar-refractivity contribution in [1.82, 2.24) is 10.6 Å². The maximum atomic E-state index is 3.55. The van der Waals surface area contributed by atoms with Gasteiger partial charge in [0.15, 0.2) is 0 Å². The van der Waals surface area contributed by atoms with E-state index in [1.807, 2.05) is 7.05 Å². The molecule has 0 radical (unpaired) electrons. The van der Waals surface area contributed by atoms with Crippen molar-refractivity contribution in [3.63, 3.8) is 0 Å². The number of hydrogen-bond donors (Lipinski definition) is 2. The third-order valence-corrected chi connectivity index (χ3v) is 4.51. The second-order valence-electron chi connectivity index (χ2n) is 5.67. The highest BCUT2D eigenvalue weighted by atomic mass is 14.9. The van der Waals surface area contributed by atoms with Crippen LogP contribution >= 0.6 is 0 Å². The van der Waals surface area contributed by atoms with Crippen LogP contribution in [0, 0.1) is 33.6 Å². The molecule has 0 amide bonds. The van der Waals surface area contributed by atoms with Gasteiger partial charge in [-0.05, 0) is 82.1 Å². The molecule has 0 aliphatic rings. The van der Waals surface area contributed by atoms with Crippen LogP contribution in [-0.2, 0) is 0 Å². The van der Waals surface area contributed by atoms with Gasteiger partial charge in [-0.3, -0.25) is 0 Å². The summed E-state index contributed by atoms with van der Waals surface area (Å²) in [6, 6.07) is 2.73. The molecule has 0 heterocycles. The molecule has 0 spiro atoms. The molecule has 0 fully saturated rings. The number of benzene rings is 1. The van der Waals surface area contributed by atoms with E-state index in [9.17, 15) is 0 Å². The Balaban J connectivity index is 3.31. The van der Waals surface area contributed by atoms with E-state index in [2.05, 4.69) is 58.4 Å². The van der Waals surface area contributed by atoms with E-state index in [-0.39, 0.29) is 0 Å². The van der Waals surface area contributed by atoms with Crippen LogP contribution in [0.2, 0.25) is 0 Å². The second kappa shape index (κ2) is 7.06. The lowest BCUT2D eigenvalue weighted by atomic mass is 9.83. The zero-order valence-corrected chi connectivity index (χ0v) is 13.6. The van der Waals surface area contributed by atoms with Gasteiger partial charge in [0.1, 0.15) is 0 Å². The van der Waals surface area contributed by atoms with Crippen LogP contribution in [0.5, 0.6) is 0 Å². The van der Waals surface area contributed by atoms with Gasteiger partial charge in [-0.25, -0.2) is 0 Å². The van der Waals surface area contributed by atoms with E-state index < -0.39 is 0 Å². The van der Waals surface area contributed by atoms with Gasteiger partial charge in [0.05, 0.1) is 0 Å². The third-order valence-electron chi connectivity index (χ3n) is 4.51. The molecule has 0 aliphatic heterocycles. The van der Waals surface area contributed by atoms with Crippen molar-refractivity contribution in [1.29, 1.82) is 0 Å². The van der Waals surface area contributed by atoms with Crippen molar-refractivity contribution >= 4 is 0 Å². The van der Waals surface area contributed by atoms with E-state index in [0.29, 0.717) is 12.0 Å². The van der Waals surface area contributed by atoms with Crippen LogP contribution in [0.25, 0.3) is 0 Å². The van der Waals surface area contributed by atoms with Crippen LogP contribution in [-0.4, -0.2) is 20.6 Å². The first kappa shape index (κ1) is 16.2. The summed E-state index contributed by atoms with van der Waals surface area (Å²) in [6.45, 7) is 12.3. The molecule has 108 valence electrons. The second-order valence-corrected chi connectivity index (χ2v) is 5.67. The summed E-state index contributed by atoms with van der Waals surface area (Å²) < 4.78 is 0. The molecule has 2 atom stereocenters. The molecule has 2 nitrogen and oxygen atoms in total. The predicted octanol–water partition coefficient (Wildman–Crippen LogP) is 3.43. The van der Waals surface area contributed by atoms with Crippen molar-refractivity contribution in [3.05, 3.63) is 33.9 Å². The van der Waals surface area contributed by atoms with E-state index in [1.54, 1.807) is 0 Å². The molecule has 0 aromatic heterocycles. The zero-order valence-electron chi connectivity index (χ0n) is 13.6. The van der Waals surface area contributed by atoms with Crippen LogP contribution < -0.4 is 10.6 Å². The fourth-order valence-electron chi connectivity index (χ4n) is 3.09.